The summed E-state index contributed by atoms with van der Waals surface area (Å²) < 4.78 is 23.2. The molecule has 0 aliphatic carbocycles. The number of hydrogen-bond donors (Lipinski definition) is 2. The second-order valence-corrected chi connectivity index (χ2v) is 7.89. The molecule has 3 N–H and O–H groups in total. The summed E-state index contributed by atoms with van der Waals surface area (Å²) in [5, 5.41) is 10.1. The minimum atomic E-state index is -4.01. The maximum absolute atomic E-state index is 12.6. The molecule has 0 radical (unpaired) electrons. The molecule has 3 aromatic carbocycles. The number of primary sulfonamides is 1. The third-order valence-electron chi connectivity index (χ3n) is 4.14. The standard InChI is InChI=1S/C19H17ClN2O3S/c1-12(15-8-4-6-13-5-2-3-7-16(13)15)22-19(23)14-9-10-17(20)18(11-14)26(21,24)25/h2-12H,1H3,(H,22,23)(H2,21,24,25). The van der Waals surface area contributed by atoms with Gasteiger partial charge in [-0.25, -0.2) is 13.6 Å². The number of amides is 1. The van der Waals surface area contributed by atoms with Gasteiger partial charge in [0.05, 0.1) is 11.1 Å². The first-order chi connectivity index (χ1) is 12.3. The number of halogens is 1. The van der Waals surface area contributed by atoms with Crippen LogP contribution in [0.1, 0.15) is 28.9 Å². The first-order valence-corrected chi connectivity index (χ1v) is 9.80. The van der Waals surface area contributed by atoms with E-state index in [1.165, 1.54) is 18.2 Å². The number of hydrogen-bond acceptors (Lipinski definition) is 3. The Bertz CT molecular complexity index is 1090. The van der Waals surface area contributed by atoms with Gasteiger partial charge in [-0.05, 0) is 41.5 Å². The molecule has 0 spiro atoms. The molecule has 0 heterocycles. The Morgan fingerprint density at radius 3 is 2.50 bits per heavy atom. The van der Waals surface area contributed by atoms with Crippen LogP contribution in [0.25, 0.3) is 10.8 Å². The van der Waals surface area contributed by atoms with Gasteiger partial charge in [-0.15, -0.1) is 0 Å². The third kappa shape index (κ3) is 3.72. The van der Waals surface area contributed by atoms with Crippen LogP contribution in [0.2, 0.25) is 5.02 Å². The van der Waals surface area contributed by atoms with Crippen molar-refractivity contribution < 1.29 is 13.2 Å². The highest BCUT2D eigenvalue weighted by Gasteiger charge is 2.18. The molecule has 26 heavy (non-hydrogen) atoms. The lowest BCUT2D eigenvalue weighted by Crippen LogP contribution is -2.27. The van der Waals surface area contributed by atoms with Gasteiger partial charge in [0, 0.05) is 5.56 Å². The topological polar surface area (TPSA) is 89.3 Å². The highest BCUT2D eigenvalue weighted by molar-refractivity contribution is 7.89. The molecule has 1 atom stereocenters. The Balaban J connectivity index is 1.90. The molecule has 0 aliphatic rings. The second kappa shape index (κ2) is 7.07. The lowest BCUT2D eigenvalue weighted by atomic mass is 9.99. The Labute approximate surface area is 156 Å². The largest absolute Gasteiger partial charge is 0.345 e. The maximum atomic E-state index is 12.6. The van der Waals surface area contributed by atoms with Gasteiger partial charge in [0.25, 0.3) is 5.91 Å². The van der Waals surface area contributed by atoms with Crippen LogP contribution in [-0.4, -0.2) is 14.3 Å². The fraction of sp³-hybridized carbons (Fsp3) is 0.105. The van der Waals surface area contributed by atoms with Crippen LogP contribution in [0.4, 0.5) is 0 Å². The summed E-state index contributed by atoms with van der Waals surface area (Å²) in [6, 6.07) is 17.5. The molecular formula is C19H17ClN2O3S. The van der Waals surface area contributed by atoms with E-state index in [0.29, 0.717) is 0 Å². The van der Waals surface area contributed by atoms with Crippen molar-refractivity contribution in [3.63, 3.8) is 0 Å². The Morgan fingerprint density at radius 1 is 1.08 bits per heavy atom. The van der Waals surface area contributed by atoms with Gasteiger partial charge in [-0.1, -0.05) is 54.1 Å². The number of carbonyl (C=O) groups is 1. The highest BCUT2D eigenvalue weighted by atomic mass is 35.5. The van der Waals surface area contributed by atoms with Crippen molar-refractivity contribution in [3.8, 4) is 0 Å². The lowest BCUT2D eigenvalue weighted by Gasteiger charge is -2.17. The summed E-state index contributed by atoms with van der Waals surface area (Å²) in [5.74, 6) is -0.410. The van der Waals surface area contributed by atoms with Gasteiger partial charge in [0.1, 0.15) is 4.90 Å². The van der Waals surface area contributed by atoms with E-state index < -0.39 is 15.9 Å². The molecule has 0 aromatic heterocycles. The van der Waals surface area contributed by atoms with Crippen LogP contribution < -0.4 is 10.5 Å². The van der Waals surface area contributed by atoms with E-state index in [1.807, 2.05) is 49.4 Å². The molecule has 1 unspecified atom stereocenters. The average Bonchev–Trinajstić information content (AvgIpc) is 2.60. The quantitative estimate of drug-likeness (QED) is 0.715. The fourth-order valence-corrected chi connectivity index (χ4v) is 3.92. The number of nitrogens with two attached hydrogens (primary N) is 1. The first kappa shape index (κ1) is 18.4. The van der Waals surface area contributed by atoms with Crippen molar-refractivity contribution in [1.82, 2.24) is 5.32 Å². The number of carbonyl (C=O) groups excluding carboxylic acids is 1. The summed E-state index contributed by atoms with van der Waals surface area (Å²) in [6.07, 6.45) is 0. The maximum Gasteiger partial charge on any atom is 0.251 e. The number of nitrogens with one attached hydrogen (secondary N) is 1. The summed E-state index contributed by atoms with van der Waals surface area (Å²) in [6.45, 7) is 1.87. The van der Waals surface area contributed by atoms with E-state index in [4.69, 9.17) is 16.7 Å². The number of sulfonamides is 1. The minimum absolute atomic E-state index is 0.0221. The van der Waals surface area contributed by atoms with Crippen molar-refractivity contribution in [1.29, 1.82) is 0 Å². The van der Waals surface area contributed by atoms with E-state index in [1.54, 1.807) is 0 Å². The fourth-order valence-electron chi connectivity index (χ4n) is 2.85. The molecule has 0 saturated carbocycles. The summed E-state index contributed by atoms with van der Waals surface area (Å²) in [4.78, 5) is 12.3. The molecule has 5 nitrogen and oxygen atoms in total. The van der Waals surface area contributed by atoms with Gasteiger partial charge in [0.15, 0.2) is 0 Å². The van der Waals surface area contributed by atoms with Gasteiger partial charge >= 0.3 is 0 Å². The molecule has 3 rings (SSSR count). The minimum Gasteiger partial charge on any atom is -0.345 e. The van der Waals surface area contributed by atoms with E-state index >= 15 is 0 Å². The van der Waals surface area contributed by atoms with Gasteiger partial charge in [-0.3, -0.25) is 4.79 Å². The highest BCUT2D eigenvalue weighted by Crippen LogP contribution is 2.25. The zero-order chi connectivity index (χ0) is 18.9. The molecule has 134 valence electrons. The summed E-state index contributed by atoms with van der Waals surface area (Å²) in [5.41, 5.74) is 1.14. The predicted octanol–water partition coefficient (Wildman–Crippen LogP) is 3.63. The van der Waals surface area contributed by atoms with Crippen LogP contribution in [-0.2, 0) is 10.0 Å². The van der Waals surface area contributed by atoms with Crippen LogP contribution >= 0.6 is 11.6 Å². The third-order valence-corrected chi connectivity index (χ3v) is 5.53. The SMILES string of the molecule is CC(NC(=O)c1ccc(Cl)c(S(N)(=O)=O)c1)c1cccc2ccccc12. The monoisotopic (exact) mass is 388 g/mol. The van der Waals surface area contributed by atoms with E-state index in [-0.39, 0.29) is 21.5 Å². The molecule has 1 amide bonds. The molecular weight excluding hydrogens is 372 g/mol. The Morgan fingerprint density at radius 2 is 1.77 bits per heavy atom. The summed E-state index contributed by atoms with van der Waals surface area (Å²) >= 11 is 5.86. The zero-order valence-corrected chi connectivity index (χ0v) is 15.5. The number of benzene rings is 3. The van der Waals surface area contributed by atoms with Gasteiger partial charge in [0.2, 0.25) is 10.0 Å². The van der Waals surface area contributed by atoms with Crippen LogP contribution in [0.3, 0.4) is 0 Å². The molecule has 3 aromatic rings. The van der Waals surface area contributed by atoms with Crippen molar-refractivity contribution in [2.24, 2.45) is 5.14 Å². The summed E-state index contributed by atoms with van der Waals surface area (Å²) in [7, 11) is -4.01. The Hall–Kier alpha value is -2.41. The van der Waals surface area contributed by atoms with Crippen LogP contribution in [0.5, 0.6) is 0 Å². The number of fused-ring (bicyclic) bond motifs is 1. The predicted molar refractivity (Wildman–Crippen MR) is 103 cm³/mol. The van der Waals surface area contributed by atoms with E-state index in [2.05, 4.69) is 5.32 Å². The molecule has 0 fully saturated rings. The molecule has 0 saturated heterocycles. The molecule has 7 heteroatoms. The van der Waals surface area contributed by atoms with E-state index in [9.17, 15) is 13.2 Å². The van der Waals surface area contributed by atoms with E-state index in [0.717, 1.165) is 16.3 Å². The van der Waals surface area contributed by atoms with Gasteiger partial charge in [-0.2, -0.15) is 0 Å². The zero-order valence-electron chi connectivity index (χ0n) is 13.9. The second-order valence-electron chi connectivity index (χ2n) is 5.95. The average molecular weight is 389 g/mol. The number of rotatable bonds is 4. The van der Waals surface area contributed by atoms with Crippen molar-refractivity contribution in [2.75, 3.05) is 0 Å². The first-order valence-electron chi connectivity index (χ1n) is 7.88. The van der Waals surface area contributed by atoms with Gasteiger partial charge < -0.3 is 5.32 Å². The Kier molecular flexibility index (Phi) is 5.00. The van der Waals surface area contributed by atoms with Crippen molar-refractivity contribution >= 4 is 38.3 Å². The molecule has 0 bridgehead atoms. The lowest BCUT2D eigenvalue weighted by molar-refractivity contribution is 0.0940. The van der Waals surface area contributed by atoms with Crippen LogP contribution in [0.15, 0.2) is 65.6 Å². The van der Waals surface area contributed by atoms with Crippen molar-refractivity contribution in [2.45, 2.75) is 17.9 Å². The molecule has 0 aliphatic heterocycles. The smallest absolute Gasteiger partial charge is 0.251 e. The van der Waals surface area contributed by atoms with Crippen molar-refractivity contribution in [3.05, 3.63) is 76.8 Å². The van der Waals surface area contributed by atoms with Crippen LogP contribution in [0, 0.1) is 0 Å². The normalized spacial score (nSPS) is 12.7.